The van der Waals surface area contributed by atoms with Crippen LogP contribution in [0.25, 0.3) is 11.4 Å². The Labute approximate surface area is 104 Å². The van der Waals surface area contributed by atoms with Crippen LogP contribution in [0.3, 0.4) is 0 Å². The Hall–Kier alpha value is -2.24. The minimum atomic E-state index is -0.286. The van der Waals surface area contributed by atoms with E-state index >= 15 is 0 Å². The first-order valence-corrected chi connectivity index (χ1v) is 5.38. The fraction of sp³-hybridized carbons (Fsp3) is 0.250. The van der Waals surface area contributed by atoms with Gasteiger partial charge >= 0.3 is 6.01 Å². The van der Waals surface area contributed by atoms with Crippen molar-refractivity contribution in [2.24, 2.45) is 0 Å². The van der Waals surface area contributed by atoms with Crippen LogP contribution in [0.5, 0.6) is 6.01 Å². The Morgan fingerprint density at radius 2 is 2.00 bits per heavy atom. The average Bonchev–Trinajstić information content (AvgIpc) is 2.38. The number of benzene rings is 1. The predicted octanol–water partition coefficient (Wildman–Crippen LogP) is 2.04. The summed E-state index contributed by atoms with van der Waals surface area (Å²) in [4.78, 5) is 12.4. The number of nitrogens with one attached hydrogen (secondary N) is 1. The third kappa shape index (κ3) is 2.37. The normalized spacial score (nSPS) is 10.2. The molecule has 0 unspecified atom stereocenters. The molecule has 94 valence electrons. The molecule has 2 rings (SSSR count). The van der Waals surface area contributed by atoms with Gasteiger partial charge in [-0.25, -0.2) is 4.39 Å². The molecule has 1 aromatic carbocycles. The van der Waals surface area contributed by atoms with Crippen LogP contribution < -0.4 is 10.1 Å². The topological polar surface area (TPSA) is 59.9 Å². The molecule has 0 aliphatic rings. The highest BCUT2D eigenvalue weighted by atomic mass is 19.1. The van der Waals surface area contributed by atoms with Crippen LogP contribution in [0.4, 0.5) is 10.3 Å². The van der Waals surface area contributed by atoms with Crippen LogP contribution in [0.2, 0.25) is 0 Å². The van der Waals surface area contributed by atoms with E-state index in [2.05, 4.69) is 20.3 Å². The van der Waals surface area contributed by atoms with Crippen LogP contribution in [0.1, 0.15) is 5.56 Å². The van der Waals surface area contributed by atoms with Gasteiger partial charge in [0.25, 0.3) is 0 Å². The summed E-state index contributed by atoms with van der Waals surface area (Å²) in [5.41, 5.74) is 1.50. The Morgan fingerprint density at radius 1 is 1.22 bits per heavy atom. The van der Waals surface area contributed by atoms with Gasteiger partial charge in [0.1, 0.15) is 5.82 Å². The van der Waals surface area contributed by atoms with Crippen LogP contribution in [-0.2, 0) is 0 Å². The van der Waals surface area contributed by atoms with E-state index in [1.165, 1.54) is 19.2 Å². The summed E-state index contributed by atoms with van der Waals surface area (Å²) in [6, 6.07) is 4.66. The minimum absolute atomic E-state index is 0.216. The summed E-state index contributed by atoms with van der Waals surface area (Å²) in [5.74, 6) is 0.565. The first-order valence-electron chi connectivity index (χ1n) is 5.38. The minimum Gasteiger partial charge on any atom is -0.467 e. The monoisotopic (exact) mass is 248 g/mol. The number of nitrogens with zero attached hydrogens (tertiary/aromatic N) is 3. The van der Waals surface area contributed by atoms with Gasteiger partial charge in [-0.05, 0) is 30.7 Å². The highest BCUT2D eigenvalue weighted by molar-refractivity contribution is 5.61. The molecule has 0 radical (unpaired) electrons. The van der Waals surface area contributed by atoms with Gasteiger partial charge in [0.05, 0.1) is 7.11 Å². The molecule has 0 aliphatic heterocycles. The van der Waals surface area contributed by atoms with Crippen molar-refractivity contribution < 1.29 is 9.13 Å². The molecule has 0 atom stereocenters. The highest BCUT2D eigenvalue weighted by Gasteiger charge is 2.10. The molecule has 0 aliphatic carbocycles. The summed E-state index contributed by atoms with van der Waals surface area (Å²) in [5, 5.41) is 2.83. The van der Waals surface area contributed by atoms with E-state index in [0.717, 1.165) is 11.1 Å². The molecule has 1 aromatic heterocycles. The fourth-order valence-electron chi connectivity index (χ4n) is 1.56. The summed E-state index contributed by atoms with van der Waals surface area (Å²) in [6.45, 7) is 1.80. The highest BCUT2D eigenvalue weighted by Crippen LogP contribution is 2.22. The van der Waals surface area contributed by atoms with Crippen molar-refractivity contribution in [1.82, 2.24) is 15.0 Å². The molecule has 5 nitrogen and oxygen atoms in total. The third-order valence-electron chi connectivity index (χ3n) is 2.45. The molecule has 0 bridgehead atoms. The number of methoxy groups -OCH3 is 1. The molecule has 1 N–H and O–H groups in total. The molecule has 0 fully saturated rings. The van der Waals surface area contributed by atoms with Crippen molar-refractivity contribution in [3.63, 3.8) is 0 Å². The second-order valence-corrected chi connectivity index (χ2v) is 3.68. The molecular weight excluding hydrogens is 235 g/mol. The Bertz CT molecular complexity index is 552. The van der Waals surface area contributed by atoms with E-state index in [-0.39, 0.29) is 11.8 Å². The van der Waals surface area contributed by atoms with Gasteiger partial charge in [0.2, 0.25) is 5.95 Å². The lowest BCUT2D eigenvalue weighted by Crippen LogP contribution is -2.03. The molecule has 0 saturated heterocycles. The van der Waals surface area contributed by atoms with Gasteiger partial charge in [0.15, 0.2) is 5.82 Å². The van der Waals surface area contributed by atoms with E-state index in [4.69, 9.17) is 4.74 Å². The molecule has 6 heteroatoms. The number of ether oxygens (including phenoxy) is 1. The number of hydrogen-bond acceptors (Lipinski definition) is 5. The lowest BCUT2D eigenvalue weighted by molar-refractivity contribution is 0.379. The molecule has 0 saturated carbocycles. The number of aromatic nitrogens is 3. The lowest BCUT2D eigenvalue weighted by atomic mass is 10.1. The molecular formula is C12H13FN4O. The number of rotatable bonds is 3. The summed E-state index contributed by atoms with van der Waals surface area (Å²) in [7, 11) is 3.19. The zero-order valence-corrected chi connectivity index (χ0v) is 10.4. The average molecular weight is 248 g/mol. The van der Waals surface area contributed by atoms with Gasteiger partial charge in [-0.15, -0.1) is 0 Å². The van der Waals surface area contributed by atoms with Crippen molar-refractivity contribution >= 4 is 5.95 Å². The van der Waals surface area contributed by atoms with Gasteiger partial charge < -0.3 is 10.1 Å². The zero-order valence-electron chi connectivity index (χ0n) is 10.4. The van der Waals surface area contributed by atoms with Crippen molar-refractivity contribution in [3.05, 3.63) is 29.6 Å². The first-order chi connectivity index (χ1) is 8.63. The predicted molar refractivity (Wildman–Crippen MR) is 66.1 cm³/mol. The Kier molecular flexibility index (Phi) is 3.36. The molecule has 1 heterocycles. The second-order valence-electron chi connectivity index (χ2n) is 3.68. The van der Waals surface area contributed by atoms with Crippen LogP contribution >= 0.6 is 0 Å². The number of aryl methyl sites for hydroxylation is 1. The maximum atomic E-state index is 13.1. The van der Waals surface area contributed by atoms with Gasteiger partial charge in [-0.2, -0.15) is 15.0 Å². The summed E-state index contributed by atoms with van der Waals surface area (Å²) in [6.07, 6.45) is 0. The van der Waals surface area contributed by atoms with E-state index < -0.39 is 0 Å². The number of halogens is 1. The smallest absolute Gasteiger partial charge is 0.321 e. The van der Waals surface area contributed by atoms with E-state index in [1.807, 2.05) is 0 Å². The van der Waals surface area contributed by atoms with Crippen molar-refractivity contribution in [1.29, 1.82) is 0 Å². The fourth-order valence-corrected chi connectivity index (χ4v) is 1.56. The molecule has 0 amide bonds. The van der Waals surface area contributed by atoms with Gasteiger partial charge in [-0.3, -0.25) is 0 Å². The zero-order chi connectivity index (χ0) is 13.1. The standard InChI is InChI=1S/C12H13FN4O/c1-7-6-8(13)4-5-9(7)10-15-11(14-2)17-12(16-10)18-3/h4-6H,1-3H3,(H,14,15,16,17). The van der Waals surface area contributed by atoms with Crippen LogP contribution in [-0.4, -0.2) is 29.1 Å². The van der Waals surface area contributed by atoms with Crippen LogP contribution in [0, 0.1) is 12.7 Å². The summed E-state index contributed by atoms with van der Waals surface area (Å²) >= 11 is 0. The molecule has 0 spiro atoms. The quantitative estimate of drug-likeness (QED) is 0.900. The largest absolute Gasteiger partial charge is 0.467 e. The SMILES string of the molecule is CNc1nc(OC)nc(-c2ccc(F)cc2C)n1. The van der Waals surface area contributed by atoms with Gasteiger partial charge in [0, 0.05) is 12.6 Å². The number of hydrogen-bond donors (Lipinski definition) is 1. The first kappa shape index (κ1) is 12.2. The van der Waals surface area contributed by atoms with Crippen molar-refractivity contribution in [2.75, 3.05) is 19.5 Å². The molecule has 18 heavy (non-hydrogen) atoms. The van der Waals surface area contributed by atoms with Gasteiger partial charge in [-0.1, -0.05) is 0 Å². The number of anilines is 1. The molecule has 2 aromatic rings. The van der Waals surface area contributed by atoms with E-state index in [9.17, 15) is 4.39 Å². The Balaban J connectivity index is 2.55. The Morgan fingerprint density at radius 3 is 2.61 bits per heavy atom. The summed E-state index contributed by atoms with van der Waals surface area (Å²) < 4.78 is 18.1. The van der Waals surface area contributed by atoms with E-state index in [0.29, 0.717) is 11.8 Å². The van der Waals surface area contributed by atoms with Crippen LogP contribution in [0.15, 0.2) is 18.2 Å². The third-order valence-corrected chi connectivity index (χ3v) is 2.45. The maximum absolute atomic E-state index is 13.1. The van der Waals surface area contributed by atoms with Crippen molar-refractivity contribution in [2.45, 2.75) is 6.92 Å². The van der Waals surface area contributed by atoms with Crippen molar-refractivity contribution in [3.8, 4) is 17.4 Å². The lowest BCUT2D eigenvalue weighted by Gasteiger charge is -2.07. The van der Waals surface area contributed by atoms with E-state index in [1.54, 1.807) is 20.0 Å². The second kappa shape index (κ2) is 4.95. The maximum Gasteiger partial charge on any atom is 0.321 e.